The summed E-state index contributed by atoms with van der Waals surface area (Å²) < 4.78 is 11.7. The molecular formula is C15H24BrNO2. The molecule has 0 amide bonds. The summed E-state index contributed by atoms with van der Waals surface area (Å²) in [4.78, 5) is 0. The molecule has 1 aromatic rings. The Morgan fingerprint density at radius 1 is 1.21 bits per heavy atom. The largest absolute Gasteiger partial charge is 0.382 e. The van der Waals surface area contributed by atoms with Crippen molar-refractivity contribution in [3.8, 4) is 0 Å². The van der Waals surface area contributed by atoms with E-state index in [0.717, 1.165) is 30.5 Å². The van der Waals surface area contributed by atoms with Crippen LogP contribution in [0.1, 0.15) is 18.9 Å². The van der Waals surface area contributed by atoms with Gasteiger partial charge < -0.3 is 14.8 Å². The topological polar surface area (TPSA) is 30.5 Å². The first-order chi connectivity index (χ1) is 9.26. The Hall–Kier alpha value is -0.420. The number of methoxy groups -OCH3 is 1. The zero-order valence-electron chi connectivity index (χ0n) is 11.8. The Morgan fingerprint density at radius 3 is 2.58 bits per heavy atom. The molecule has 0 aromatic heterocycles. The summed E-state index contributed by atoms with van der Waals surface area (Å²) in [5.41, 5.74) is 1.33. The summed E-state index contributed by atoms with van der Waals surface area (Å²) >= 11 is 3.46. The van der Waals surface area contributed by atoms with Crippen molar-refractivity contribution in [3.63, 3.8) is 0 Å². The molecular weight excluding hydrogens is 306 g/mol. The van der Waals surface area contributed by atoms with Crippen LogP contribution in [0.15, 0.2) is 28.7 Å². The first-order valence-corrected chi connectivity index (χ1v) is 7.60. The van der Waals surface area contributed by atoms with E-state index >= 15 is 0 Å². The average Bonchev–Trinajstić information content (AvgIpc) is 2.43. The summed E-state index contributed by atoms with van der Waals surface area (Å²) in [5, 5.41) is 3.53. The van der Waals surface area contributed by atoms with Gasteiger partial charge in [0.15, 0.2) is 0 Å². The van der Waals surface area contributed by atoms with Gasteiger partial charge in [-0.25, -0.2) is 0 Å². The highest BCUT2D eigenvalue weighted by atomic mass is 79.9. The van der Waals surface area contributed by atoms with Crippen LogP contribution < -0.4 is 5.32 Å². The van der Waals surface area contributed by atoms with Crippen molar-refractivity contribution in [2.75, 3.05) is 33.5 Å². The van der Waals surface area contributed by atoms with Gasteiger partial charge in [0.2, 0.25) is 0 Å². The van der Waals surface area contributed by atoms with Crippen molar-refractivity contribution in [2.24, 2.45) is 0 Å². The first kappa shape index (κ1) is 16.6. The fourth-order valence-corrected chi connectivity index (χ4v) is 2.08. The molecule has 0 aliphatic carbocycles. The number of nitrogens with one attached hydrogen (secondary N) is 1. The second kappa shape index (κ2) is 10.4. The third-order valence-electron chi connectivity index (χ3n) is 2.83. The second-order valence-corrected chi connectivity index (χ2v) is 5.47. The average molecular weight is 330 g/mol. The molecule has 0 radical (unpaired) electrons. The molecule has 0 aliphatic rings. The van der Waals surface area contributed by atoms with Gasteiger partial charge in [-0.2, -0.15) is 0 Å². The predicted molar refractivity (Wildman–Crippen MR) is 82.6 cm³/mol. The van der Waals surface area contributed by atoms with Gasteiger partial charge >= 0.3 is 0 Å². The molecule has 0 bridgehead atoms. The van der Waals surface area contributed by atoms with Crippen molar-refractivity contribution in [1.82, 2.24) is 5.32 Å². The van der Waals surface area contributed by atoms with E-state index in [1.54, 1.807) is 7.11 Å². The Bertz CT molecular complexity index is 329. The van der Waals surface area contributed by atoms with Gasteiger partial charge in [0.05, 0.1) is 19.8 Å². The van der Waals surface area contributed by atoms with Gasteiger partial charge in [0.1, 0.15) is 0 Å². The van der Waals surface area contributed by atoms with Crippen molar-refractivity contribution in [2.45, 2.75) is 25.8 Å². The lowest BCUT2D eigenvalue weighted by atomic mass is 10.1. The third-order valence-corrected chi connectivity index (χ3v) is 3.36. The van der Waals surface area contributed by atoms with E-state index in [-0.39, 0.29) is 0 Å². The SMILES string of the molecule is CCCNC(COCCOC)Cc1ccc(Br)cc1. The number of halogens is 1. The molecule has 1 atom stereocenters. The van der Waals surface area contributed by atoms with Crippen LogP contribution in [0.2, 0.25) is 0 Å². The van der Waals surface area contributed by atoms with E-state index < -0.39 is 0 Å². The number of ether oxygens (including phenoxy) is 2. The standard InChI is InChI=1S/C15H24BrNO2/c1-3-8-17-15(12-19-10-9-18-2)11-13-4-6-14(16)7-5-13/h4-7,15,17H,3,8-12H2,1-2H3. The van der Waals surface area contributed by atoms with Gasteiger partial charge in [-0.3, -0.25) is 0 Å². The molecule has 1 N–H and O–H groups in total. The lowest BCUT2D eigenvalue weighted by molar-refractivity contribution is 0.0587. The van der Waals surface area contributed by atoms with Crippen LogP contribution in [0, 0.1) is 0 Å². The van der Waals surface area contributed by atoms with E-state index in [1.165, 1.54) is 5.56 Å². The van der Waals surface area contributed by atoms with Crippen LogP contribution in [-0.4, -0.2) is 39.5 Å². The summed E-state index contributed by atoms with van der Waals surface area (Å²) in [6.07, 6.45) is 2.12. The van der Waals surface area contributed by atoms with Gasteiger partial charge in [0, 0.05) is 17.6 Å². The van der Waals surface area contributed by atoms with Crippen molar-refractivity contribution in [3.05, 3.63) is 34.3 Å². The Morgan fingerprint density at radius 2 is 1.95 bits per heavy atom. The molecule has 0 saturated carbocycles. The molecule has 108 valence electrons. The quantitative estimate of drug-likeness (QED) is 0.669. The monoisotopic (exact) mass is 329 g/mol. The minimum absolute atomic E-state index is 0.359. The highest BCUT2D eigenvalue weighted by molar-refractivity contribution is 9.10. The zero-order chi connectivity index (χ0) is 13.9. The molecule has 0 heterocycles. The maximum atomic E-state index is 5.63. The second-order valence-electron chi connectivity index (χ2n) is 4.55. The van der Waals surface area contributed by atoms with Crippen LogP contribution in [0.3, 0.4) is 0 Å². The van der Waals surface area contributed by atoms with E-state index in [2.05, 4.69) is 52.4 Å². The lowest BCUT2D eigenvalue weighted by Gasteiger charge is -2.18. The highest BCUT2D eigenvalue weighted by Gasteiger charge is 2.09. The van der Waals surface area contributed by atoms with Gasteiger partial charge in [-0.05, 0) is 37.1 Å². The van der Waals surface area contributed by atoms with Crippen LogP contribution in [-0.2, 0) is 15.9 Å². The molecule has 0 fully saturated rings. The Labute approximate surface area is 124 Å². The fraction of sp³-hybridized carbons (Fsp3) is 0.600. The van der Waals surface area contributed by atoms with Gasteiger partial charge in [0.25, 0.3) is 0 Å². The van der Waals surface area contributed by atoms with E-state index in [9.17, 15) is 0 Å². The minimum atomic E-state index is 0.359. The number of rotatable bonds is 10. The molecule has 19 heavy (non-hydrogen) atoms. The molecule has 1 rings (SSSR count). The third kappa shape index (κ3) is 7.67. The Balaban J connectivity index is 2.41. The van der Waals surface area contributed by atoms with Gasteiger partial charge in [-0.1, -0.05) is 35.0 Å². The summed E-state index contributed by atoms with van der Waals surface area (Å²) in [6, 6.07) is 8.83. The minimum Gasteiger partial charge on any atom is -0.382 e. The van der Waals surface area contributed by atoms with Crippen molar-refractivity contribution >= 4 is 15.9 Å². The summed E-state index contributed by atoms with van der Waals surface area (Å²) in [5.74, 6) is 0. The first-order valence-electron chi connectivity index (χ1n) is 6.80. The van der Waals surface area contributed by atoms with Crippen LogP contribution in [0.4, 0.5) is 0 Å². The smallest absolute Gasteiger partial charge is 0.0701 e. The molecule has 0 spiro atoms. The number of benzene rings is 1. The molecule has 0 saturated heterocycles. The van der Waals surface area contributed by atoms with Crippen LogP contribution in [0.5, 0.6) is 0 Å². The Kier molecular flexibility index (Phi) is 9.08. The number of hydrogen-bond donors (Lipinski definition) is 1. The zero-order valence-corrected chi connectivity index (χ0v) is 13.4. The van der Waals surface area contributed by atoms with Crippen molar-refractivity contribution < 1.29 is 9.47 Å². The molecule has 1 aromatic carbocycles. The maximum Gasteiger partial charge on any atom is 0.0701 e. The van der Waals surface area contributed by atoms with Gasteiger partial charge in [-0.15, -0.1) is 0 Å². The van der Waals surface area contributed by atoms with E-state index in [0.29, 0.717) is 19.3 Å². The molecule has 1 unspecified atom stereocenters. The summed E-state index contributed by atoms with van der Waals surface area (Å²) in [6.45, 7) is 5.23. The van der Waals surface area contributed by atoms with Crippen LogP contribution >= 0.6 is 15.9 Å². The number of hydrogen-bond acceptors (Lipinski definition) is 3. The maximum absolute atomic E-state index is 5.63. The van der Waals surface area contributed by atoms with Crippen LogP contribution in [0.25, 0.3) is 0 Å². The predicted octanol–water partition coefficient (Wildman–Crippen LogP) is 3.02. The molecule has 0 aliphatic heterocycles. The highest BCUT2D eigenvalue weighted by Crippen LogP contribution is 2.12. The van der Waals surface area contributed by atoms with E-state index in [1.807, 2.05) is 0 Å². The fourth-order valence-electron chi connectivity index (χ4n) is 1.81. The van der Waals surface area contributed by atoms with Crippen molar-refractivity contribution in [1.29, 1.82) is 0 Å². The van der Waals surface area contributed by atoms with E-state index in [4.69, 9.17) is 9.47 Å². The lowest BCUT2D eigenvalue weighted by Crippen LogP contribution is -2.36. The molecule has 4 heteroatoms. The molecule has 3 nitrogen and oxygen atoms in total. The normalized spacial score (nSPS) is 12.6. The summed E-state index contributed by atoms with van der Waals surface area (Å²) in [7, 11) is 1.69.